The van der Waals surface area contributed by atoms with Crippen molar-refractivity contribution in [3.8, 4) is 16.9 Å². The van der Waals surface area contributed by atoms with Crippen molar-refractivity contribution >= 4 is 16.8 Å². The fourth-order valence-corrected chi connectivity index (χ4v) is 3.26. The number of pyridine rings is 3. The molecule has 4 rings (SSSR count). The lowest BCUT2D eigenvalue weighted by Gasteiger charge is -2.16. The molecule has 30 heavy (non-hydrogen) atoms. The van der Waals surface area contributed by atoms with Crippen LogP contribution >= 0.6 is 0 Å². The van der Waals surface area contributed by atoms with Gasteiger partial charge in [0.25, 0.3) is 5.91 Å². The van der Waals surface area contributed by atoms with E-state index in [0.717, 1.165) is 16.5 Å². The maximum atomic E-state index is 14.0. The molecule has 4 aromatic rings. The van der Waals surface area contributed by atoms with Crippen LogP contribution in [0.2, 0.25) is 0 Å². The van der Waals surface area contributed by atoms with E-state index in [1.54, 1.807) is 49.9 Å². The van der Waals surface area contributed by atoms with Gasteiger partial charge in [-0.15, -0.1) is 0 Å². The average Bonchev–Trinajstić information content (AvgIpc) is 2.78. The summed E-state index contributed by atoms with van der Waals surface area (Å²) in [6.07, 6.45) is 6.74. The summed E-state index contributed by atoms with van der Waals surface area (Å²) in [4.78, 5) is 25.7. The van der Waals surface area contributed by atoms with Crippen molar-refractivity contribution < 1.29 is 13.9 Å². The van der Waals surface area contributed by atoms with Crippen molar-refractivity contribution in [3.05, 3.63) is 84.3 Å². The van der Waals surface area contributed by atoms with E-state index in [9.17, 15) is 9.18 Å². The molecule has 1 N–H and O–H groups in total. The van der Waals surface area contributed by atoms with E-state index in [4.69, 9.17) is 4.74 Å². The van der Waals surface area contributed by atoms with E-state index >= 15 is 0 Å². The summed E-state index contributed by atoms with van der Waals surface area (Å²) >= 11 is 0. The molecule has 6 nitrogen and oxygen atoms in total. The zero-order valence-electron chi connectivity index (χ0n) is 16.5. The van der Waals surface area contributed by atoms with Crippen molar-refractivity contribution in [1.82, 2.24) is 20.3 Å². The maximum Gasteiger partial charge on any atom is 0.270 e. The topological polar surface area (TPSA) is 77.0 Å². The van der Waals surface area contributed by atoms with Crippen molar-refractivity contribution in [1.29, 1.82) is 0 Å². The van der Waals surface area contributed by atoms with Gasteiger partial charge in [-0.05, 0) is 60.0 Å². The van der Waals surface area contributed by atoms with Crippen molar-refractivity contribution in [2.24, 2.45) is 0 Å². The molecule has 0 radical (unpaired) electrons. The van der Waals surface area contributed by atoms with E-state index in [0.29, 0.717) is 11.1 Å². The van der Waals surface area contributed by atoms with E-state index in [-0.39, 0.29) is 17.4 Å². The average molecular weight is 402 g/mol. The fourth-order valence-electron chi connectivity index (χ4n) is 3.26. The van der Waals surface area contributed by atoms with Crippen LogP contribution < -0.4 is 10.1 Å². The molecule has 0 aliphatic rings. The predicted molar refractivity (Wildman–Crippen MR) is 112 cm³/mol. The molecule has 0 unspecified atom stereocenters. The van der Waals surface area contributed by atoms with Crippen LogP contribution in [-0.4, -0.2) is 28.0 Å². The quantitative estimate of drug-likeness (QED) is 0.538. The van der Waals surface area contributed by atoms with E-state index in [1.807, 2.05) is 12.1 Å². The first-order valence-corrected chi connectivity index (χ1v) is 9.36. The largest absolute Gasteiger partial charge is 0.494 e. The van der Waals surface area contributed by atoms with Crippen LogP contribution in [0, 0.1) is 5.82 Å². The van der Waals surface area contributed by atoms with Crippen LogP contribution in [0.3, 0.4) is 0 Å². The number of hydrogen-bond donors (Lipinski definition) is 1. The number of carbonyl (C=O) groups excluding carboxylic acids is 1. The number of hydrogen-bond acceptors (Lipinski definition) is 5. The van der Waals surface area contributed by atoms with Crippen molar-refractivity contribution in [2.45, 2.75) is 13.0 Å². The highest BCUT2D eigenvalue weighted by Gasteiger charge is 2.17. The highest BCUT2D eigenvalue weighted by molar-refractivity contribution is 6.01. The van der Waals surface area contributed by atoms with Crippen LogP contribution in [0.4, 0.5) is 4.39 Å². The van der Waals surface area contributed by atoms with Crippen LogP contribution in [0.15, 0.2) is 67.3 Å². The number of halogens is 1. The van der Waals surface area contributed by atoms with Crippen LogP contribution in [-0.2, 0) is 0 Å². The minimum Gasteiger partial charge on any atom is -0.494 e. The summed E-state index contributed by atoms with van der Waals surface area (Å²) in [6, 6.07) is 11.4. The van der Waals surface area contributed by atoms with Gasteiger partial charge in [0.15, 0.2) is 11.6 Å². The number of methoxy groups -OCH3 is 1. The number of aromatic nitrogens is 3. The lowest BCUT2D eigenvalue weighted by atomic mass is 10.0. The molecule has 0 bridgehead atoms. The SMILES string of the molecule is COc1ccc([C@@H](C)NC(=O)c2cc(-c3ccncc3)c3cnccc3n2)cc1F. The van der Waals surface area contributed by atoms with Gasteiger partial charge in [0.1, 0.15) is 5.69 Å². The molecule has 0 aliphatic heterocycles. The normalized spacial score (nSPS) is 11.8. The van der Waals surface area contributed by atoms with Crippen molar-refractivity contribution in [2.75, 3.05) is 7.11 Å². The molecule has 1 atom stereocenters. The standard InChI is InChI=1S/C23H19FN4O2/c1-14(16-3-4-22(30-2)19(24)11-16)27-23(29)21-12-17(15-5-8-25-9-6-15)18-13-26-10-7-20(18)28-21/h3-14H,1-2H3,(H,27,29)/t14-/m1/s1. The lowest BCUT2D eigenvalue weighted by Crippen LogP contribution is -2.27. The molecule has 0 spiro atoms. The number of nitrogens with zero attached hydrogens (tertiary/aromatic N) is 3. The summed E-state index contributed by atoms with van der Waals surface area (Å²) < 4.78 is 19.0. The molecule has 0 saturated heterocycles. The summed E-state index contributed by atoms with van der Waals surface area (Å²) in [5, 5.41) is 3.72. The minimum atomic E-state index is -0.479. The van der Waals surface area contributed by atoms with E-state index in [1.165, 1.54) is 19.2 Å². The second kappa shape index (κ2) is 8.24. The van der Waals surface area contributed by atoms with Gasteiger partial charge >= 0.3 is 0 Å². The number of rotatable bonds is 5. The molecule has 1 aromatic carbocycles. The first-order chi connectivity index (χ1) is 14.6. The molecule has 150 valence electrons. The van der Waals surface area contributed by atoms with Gasteiger partial charge in [0, 0.05) is 30.2 Å². The van der Waals surface area contributed by atoms with Gasteiger partial charge in [-0.25, -0.2) is 9.37 Å². The molecular formula is C23H19FN4O2. The first-order valence-electron chi connectivity index (χ1n) is 9.36. The lowest BCUT2D eigenvalue weighted by molar-refractivity contribution is 0.0935. The Balaban J connectivity index is 1.67. The predicted octanol–water partition coefficient (Wildman–Crippen LogP) is 4.33. The molecule has 7 heteroatoms. The number of ether oxygens (including phenoxy) is 1. The van der Waals surface area contributed by atoms with Gasteiger partial charge in [0.05, 0.1) is 18.7 Å². The Labute approximate surface area is 172 Å². The smallest absolute Gasteiger partial charge is 0.270 e. The Kier molecular flexibility index (Phi) is 5.34. The summed E-state index contributed by atoms with van der Waals surface area (Å²) in [6.45, 7) is 1.79. The van der Waals surface area contributed by atoms with Crippen LogP contribution in [0.25, 0.3) is 22.0 Å². The third-order valence-electron chi connectivity index (χ3n) is 4.86. The third-order valence-corrected chi connectivity index (χ3v) is 4.86. The second-order valence-corrected chi connectivity index (χ2v) is 6.77. The number of nitrogens with one attached hydrogen (secondary N) is 1. The molecular weight excluding hydrogens is 383 g/mol. The molecule has 0 saturated carbocycles. The monoisotopic (exact) mass is 402 g/mol. The Morgan fingerprint density at radius 3 is 2.57 bits per heavy atom. The zero-order valence-corrected chi connectivity index (χ0v) is 16.5. The van der Waals surface area contributed by atoms with E-state index < -0.39 is 11.9 Å². The van der Waals surface area contributed by atoms with Crippen LogP contribution in [0.1, 0.15) is 29.0 Å². The first kappa shape index (κ1) is 19.4. The summed E-state index contributed by atoms with van der Waals surface area (Å²) in [5.74, 6) is -0.677. The van der Waals surface area contributed by atoms with Gasteiger partial charge in [-0.2, -0.15) is 0 Å². The Hall–Kier alpha value is -3.87. The van der Waals surface area contributed by atoms with Gasteiger partial charge in [-0.1, -0.05) is 6.07 Å². The Morgan fingerprint density at radius 2 is 1.83 bits per heavy atom. The molecule has 3 aromatic heterocycles. The Morgan fingerprint density at radius 1 is 1.07 bits per heavy atom. The highest BCUT2D eigenvalue weighted by Crippen LogP contribution is 2.28. The minimum absolute atomic E-state index is 0.157. The number of carbonyl (C=O) groups is 1. The summed E-state index contributed by atoms with van der Waals surface area (Å²) in [7, 11) is 1.41. The number of benzene rings is 1. The Bertz CT molecular complexity index is 1210. The van der Waals surface area contributed by atoms with Gasteiger partial charge in [0.2, 0.25) is 0 Å². The molecule has 0 fully saturated rings. The maximum absolute atomic E-state index is 14.0. The number of amides is 1. The molecule has 1 amide bonds. The van der Waals surface area contributed by atoms with Gasteiger partial charge < -0.3 is 10.1 Å². The zero-order chi connectivity index (χ0) is 21.1. The van der Waals surface area contributed by atoms with Gasteiger partial charge in [-0.3, -0.25) is 14.8 Å². The number of fused-ring (bicyclic) bond motifs is 1. The van der Waals surface area contributed by atoms with E-state index in [2.05, 4.69) is 20.3 Å². The molecule has 3 heterocycles. The third kappa shape index (κ3) is 3.82. The van der Waals surface area contributed by atoms with Crippen molar-refractivity contribution in [3.63, 3.8) is 0 Å². The second-order valence-electron chi connectivity index (χ2n) is 6.77. The molecule has 0 aliphatic carbocycles. The fraction of sp³-hybridized carbons (Fsp3) is 0.130. The van der Waals surface area contributed by atoms with Crippen LogP contribution in [0.5, 0.6) is 5.75 Å². The summed E-state index contributed by atoms with van der Waals surface area (Å²) in [5.41, 5.74) is 3.29. The highest BCUT2D eigenvalue weighted by atomic mass is 19.1.